The molecule has 1 aromatic rings. The van der Waals surface area contributed by atoms with E-state index in [0.29, 0.717) is 12.4 Å². The van der Waals surface area contributed by atoms with Crippen LogP contribution < -0.4 is 16.0 Å². The highest BCUT2D eigenvalue weighted by atomic mass is 32.2. The van der Waals surface area contributed by atoms with Crippen LogP contribution in [0.3, 0.4) is 0 Å². The Hall–Kier alpha value is -0.950. The Balaban J connectivity index is 2.92. The van der Waals surface area contributed by atoms with Gasteiger partial charge in [-0.1, -0.05) is 6.92 Å². The van der Waals surface area contributed by atoms with Crippen LogP contribution >= 0.6 is 23.3 Å². The van der Waals surface area contributed by atoms with Crippen molar-refractivity contribution in [2.24, 2.45) is 0 Å². The van der Waals surface area contributed by atoms with Crippen molar-refractivity contribution < 1.29 is 4.79 Å². The van der Waals surface area contributed by atoms with Crippen molar-refractivity contribution in [3.8, 4) is 0 Å². The van der Waals surface area contributed by atoms with Crippen molar-refractivity contribution in [2.45, 2.75) is 18.2 Å². The summed E-state index contributed by atoms with van der Waals surface area (Å²) in [4.78, 5) is 14.5. The lowest BCUT2D eigenvalue weighted by Crippen LogP contribution is -2.35. The molecule has 0 aliphatic carbocycles. The number of hydrogen-bond donors (Lipinski definition) is 2. The summed E-state index contributed by atoms with van der Waals surface area (Å²) in [5.41, 5.74) is 5.80. The topological polar surface area (TPSA) is 71.2 Å². The lowest BCUT2D eigenvalue weighted by Gasteiger charge is -2.22. The highest BCUT2D eigenvalue weighted by molar-refractivity contribution is 7.99. The molecule has 0 fully saturated rings. The first-order valence-corrected chi connectivity index (χ1v) is 7.38. The fourth-order valence-electron chi connectivity index (χ4n) is 1.45. The van der Waals surface area contributed by atoms with E-state index in [-0.39, 0.29) is 5.91 Å². The number of anilines is 2. The quantitative estimate of drug-likeness (QED) is 0.768. The minimum Gasteiger partial charge on any atom is -0.382 e. The van der Waals surface area contributed by atoms with E-state index in [9.17, 15) is 4.79 Å². The zero-order valence-corrected chi connectivity index (χ0v) is 12.0. The van der Waals surface area contributed by atoms with E-state index in [1.807, 2.05) is 11.2 Å². The molecule has 0 aromatic carbocycles. The third-order valence-electron chi connectivity index (χ3n) is 2.26. The molecule has 1 aromatic heterocycles. The highest BCUT2D eigenvalue weighted by Crippen LogP contribution is 2.37. The van der Waals surface area contributed by atoms with Crippen molar-refractivity contribution >= 4 is 40.0 Å². The van der Waals surface area contributed by atoms with Crippen LogP contribution in [-0.4, -0.2) is 36.7 Å². The highest BCUT2D eigenvalue weighted by Gasteiger charge is 2.18. The average molecular weight is 274 g/mol. The van der Waals surface area contributed by atoms with E-state index in [1.54, 1.807) is 18.8 Å². The van der Waals surface area contributed by atoms with Gasteiger partial charge >= 0.3 is 0 Å². The molecule has 1 heterocycles. The van der Waals surface area contributed by atoms with Gasteiger partial charge in [-0.25, -0.2) is 0 Å². The average Bonchev–Trinajstić information content (AvgIpc) is 2.69. The summed E-state index contributed by atoms with van der Waals surface area (Å²) in [5.74, 6) is 0.549. The van der Waals surface area contributed by atoms with Crippen LogP contribution in [0.1, 0.15) is 13.3 Å². The Morgan fingerprint density at radius 1 is 1.65 bits per heavy atom. The lowest BCUT2D eigenvalue weighted by molar-refractivity contribution is -0.119. The number of nitrogens with two attached hydrogens (primary N) is 1. The van der Waals surface area contributed by atoms with Crippen LogP contribution in [-0.2, 0) is 4.79 Å². The summed E-state index contributed by atoms with van der Waals surface area (Å²) in [7, 11) is 1.64. The van der Waals surface area contributed by atoms with E-state index >= 15 is 0 Å². The molecule has 96 valence electrons. The van der Waals surface area contributed by atoms with Crippen molar-refractivity contribution in [1.82, 2.24) is 9.69 Å². The molecule has 5 nitrogen and oxygen atoms in total. The minimum absolute atomic E-state index is 0.00234. The maximum Gasteiger partial charge on any atom is 0.239 e. The van der Waals surface area contributed by atoms with Gasteiger partial charge in [0.1, 0.15) is 5.00 Å². The number of carbonyl (C=O) groups excluding carboxylic acids is 1. The number of aromatic nitrogens is 1. The summed E-state index contributed by atoms with van der Waals surface area (Å²) >= 11 is 2.92. The second-order valence-electron chi connectivity index (χ2n) is 3.50. The summed E-state index contributed by atoms with van der Waals surface area (Å²) in [6.45, 7) is 3.25. The molecule has 1 rings (SSSR count). The van der Waals surface area contributed by atoms with Crippen LogP contribution in [0.5, 0.6) is 0 Å². The zero-order chi connectivity index (χ0) is 12.8. The van der Waals surface area contributed by atoms with E-state index < -0.39 is 0 Å². The van der Waals surface area contributed by atoms with Crippen molar-refractivity contribution in [3.63, 3.8) is 0 Å². The van der Waals surface area contributed by atoms with Gasteiger partial charge < -0.3 is 16.0 Å². The number of nitrogens with zero attached hydrogens (tertiary/aromatic N) is 2. The molecule has 0 aliphatic rings. The summed E-state index contributed by atoms with van der Waals surface area (Å²) < 4.78 is 4.15. The van der Waals surface area contributed by atoms with E-state index in [0.717, 1.165) is 22.9 Å². The first kappa shape index (κ1) is 14.1. The number of hydrogen-bond acceptors (Lipinski definition) is 6. The first-order chi connectivity index (χ1) is 8.13. The number of likely N-dealkylation sites (N-methyl/N-ethyl adjacent to an activating group) is 1. The molecule has 0 spiro atoms. The van der Waals surface area contributed by atoms with Gasteiger partial charge in [-0.15, -0.1) is 11.8 Å². The van der Waals surface area contributed by atoms with Gasteiger partial charge in [-0.2, -0.15) is 4.37 Å². The summed E-state index contributed by atoms with van der Waals surface area (Å²) in [6.07, 6.45) is 2.94. The maximum absolute atomic E-state index is 11.5. The molecule has 0 unspecified atom stereocenters. The zero-order valence-electron chi connectivity index (χ0n) is 10.3. The Morgan fingerprint density at radius 2 is 2.35 bits per heavy atom. The van der Waals surface area contributed by atoms with Crippen molar-refractivity contribution in [3.05, 3.63) is 0 Å². The van der Waals surface area contributed by atoms with Gasteiger partial charge in [-0.05, 0) is 24.2 Å². The monoisotopic (exact) mass is 274 g/mol. The van der Waals surface area contributed by atoms with Gasteiger partial charge in [0, 0.05) is 13.6 Å². The number of nitrogens with one attached hydrogen (secondary N) is 1. The second-order valence-corrected chi connectivity index (χ2v) is 5.07. The normalized spacial score (nSPS) is 10.3. The third kappa shape index (κ3) is 3.50. The first-order valence-electron chi connectivity index (χ1n) is 5.38. The fraction of sp³-hybridized carbons (Fsp3) is 0.600. The molecule has 0 saturated carbocycles. The van der Waals surface area contributed by atoms with Gasteiger partial charge in [0.05, 0.1) is 11.4 Å². The minimum atomic E-state index is -0.00234. The Morgan fingerprint density at radius 3 is 2.88 bits per heavy atom. The molecular formula is C10H18N4OS2. The predicted molar refractivity (Wildman–Crippen MR) is 74.9 cm³/mol. The van der Waals surface area contributed by atoms with Crippen LogP contribution in [0.2, 0.25) is 0 Å². The van der Waals surface area contributed by atoms with Gasteiger partial charge in [-0.3, -0.25) is 4.79 Å². The third-order valence-corrected chi connectivity index (χ3v) is 4.12. The molecule has 0 bridgehead atoms. The van der Waals surface area contributed by atoms with Crippen LogP contribution in [0.15, 0.2) is 4.90 Å². The SMILES string of the molecule is CCCN(CC(=O)NC)c1snc(N)c1SC. The summed E-state index contributed by atoms with van der Waals surface area (Å²) in [5, 5.41) is 3.62. The van der Waals surface area contributed by atoms with Gasteiger partial charge in [0.2, 0.25) is 5.91 Å². The largest absolute Gasteiger partial charge is 0.382 e. The fourth-order valence-corrected chi connectivity index (χ4v) is 3.17. The smallest absolute Gasteiger partial charge is 0.239 e. The molecule has 7 heteroatoms. The second kappa shape index (κ2) is 6.70. The molecule has 3 N–H and O–H groups in total. The van der Waals surface area contributed by atoms with Crippen molar-refractivity contribution in [2.75, 3.05) is 37.0 Å². The van der Waals surface area contributed by atoms with Gasteiger partial charge in [0.15, 0.2) is 5.82 Å². The van der Waals surface area contributed by atoms with E-state index in [2.05, 4.69) is 16.6 Å². The number of amides is 1. The number of rotatable bonds is 6. The number of nitrogen functional groups attached to an aromatic ring is 1. The van der Waals surface area contributed by atoms with Crippen LogP contribution in [0.25, 0.3) is 0 Å². The molecule has 0 aliphatic heterocycles. The predicted octanol–water partition coefficient (Wildman–Crippen LogP) is 1.41. The van der Waals surface area contributed by atoms with Crippen LogP contribution in [0, 0.1) is 0 Å². The Labute approximate surface area is 110 Å². The number of carbonyl (C=O) groups is 1. The van der Waals surface area contributed by atoms with Crippen molar-refractivity contribution in [1.29, 1.82) is 0 Å². The van der Waals surface area contributed by atoms with Crippen LogP contribution in [0.4, 0.5) is 10.8 Å². The van der Waals surface area contributed by atoms with Gasteiger partial charge in [0.25, 0.3) is 0 Å². The molecule has 1 amide bonds. The van der Waals surface area contributed by atoms with E-state index in [4.69, 9.17) is 5.73 Å². The molecule has 0 saturated heterocycles. The molecule has 0 radical (unpaired) electrons. The molecule has 17 heavy (non-hydrogen) atoms. The lowest BCUT2D eigenvalue weighted by atomic mass is 10.4. The molecular weight excluding hydrogens is 256 g/mol. The van der Waals surface area contributed by atoms with E-state index in [1.165, 1.54) is 11.5 Å². The standard InChI is InChI=1S/C10H18N4OS2/c1-4-5-14(6-7(15)12-2)10-8(16-3)9(11)13-17-10/h4-6H2,1-3H3,(H2,11,13)(H,12,15). The maximum atomic E-state index is 11.5. The summed E-state index contributed by atoms with van der Waals surface area (Å²) in [6, 6.07) is 0. The Bertz CT molecular complexity index is 380. The Kier molecular flexibility index (Phi) is 5.57. The number of thioether (sulfide) groups is 1. The molecule has 0 atom stereocenters.